The molecule has 0 aromatic carbocycles. The van der Waals surface area contributed by atoms with Gasteiger partial charge in [-0.1, -0.05) is 5.16 Å². The predicted molar refractivity (Wildman–Crippen MR) is 79.7 cm³/mol. The molecule has 2 fully saturated rings. The summed E-state index contributed by atoms with van der Waals surface area (Å²) in [5.74, 6) is 0.959. The van der Waals surface area contributed by atoms with E-state index in [2.05, 4.69) is 15.5 Å². The number of amides is 1. The molecule has 22 heavy (non-hydrogen) atoms. The second-order valence-electron chi connectivity index (χ2n) is 6.02. The second kappa shape index (κ2) is 5.17. The van der Waals surface area contributed by atoms with Crippen LogP contribution in [0.25, 0.3) is 0 Å². The van der Waals surface area contributed by atoms with Crippen molar-refractivity contribution in [3.63, 3.8) is 0 Å². The monoisotopic (exact) mass is 319 g/mol. The molecule has 0 spiro atoms. The minimum atomic E-state index is -0.0727. The van der Waals surface area contributed by atoms with Crippen molar-refractivity contribution in [3.05, 3.63) is 33.6 Å². The third-order valence-corrected chi connectivity index (χ3v) is 5.34. The minimum Gasteiger partial charge on any atom is -0.366 e. The molecule has 0 bridgehead atoms. The maximum absolute atomic E-state index is 12.4. The van der Waals surface area contributed by atoms with E-state index in [4.69, 9.17) is 9.26 Å². The fraction of sp³-hybridized carbons (Fsp3) is 0.533. The zero-order valence-corrected chi connectivity index (χ0v) is 13.3. The van der Waals surface area contributed by atoms with Gasteiger partial charge >= 0.3 is 0 Å². The van der Waals surface area contributed by atoms with Gasteiger partial charge in [-0.25, -0.2) is 4.98 Å². The average molecular weight is 319 g/mol. The molecule has 0 unspecified atom stereocenters. The van der Waals surface area contributed by atoms with Gasteiger partial charge in [-0.05, 0) is 20.3 Å². The maximum atomic E-state index is 12.4. The van der Waals surface area contributed by atoms with Gasteiger partial charge in [0.25, 0.3) is 5.91 Å². The Hall–Kier alpha value is -1.73. The normalized spacial score (nSPS) is 27.4. The molecule has 4 heterocycles. The number of nitrogens with zero attached hydrogens (tertiary/aromatic N) is 3. The van der Waals surface area contributed by atoms with Gasteiger partial charge < -0.3 is 14.2 Å². The first-order valence-corrected chi connectivity index (χ1v) is 8.28. The molecule has 2 aromatic rings. The van der Waals surface area contributed by atoms with Gasteiger partial charge in [0.15, 0.2) is 5.69 Å². The van der Waals surface area contributed by atoms with E-state index in [1.807, 2.05) is 11.8 Å². The lowest BCUT2D eigenvalue weighted by Crippen LogP contribution is -2.31. The molecule has 0 saturated carbocycles. The molecule has 7 heteroatoms. The summed E-state index contributed by atoms with van der Waals surface area (Å²) in [5, 5.41) is 6.91. The zero-order chi connectivity index (χ0) is 15.3. The lowest BCUT2D eigenvalue weighted by atomic mass is 10.0. The summed E-state index contributed by atoms with van der Waals surface area (Å²) in [5.41, 5.74) is 1.42. The number of aryl methyl sites for hydroxylation is 2. The van der Waals surface area contributed by atoms with E-state index in [0.29, 0.717) is 23.9 Å². The van der Waals surface area contributed by atoms with Crippen LogP contribution in [0.1, 0.15) is 39.5 Å². The SMILES string of the molecule is Cc1csc([C@@H]2C[C@H]3CN(C(=O)c4cc(C)on4)C[C@H]3O2)n1. The first-order chi connectivity index (χ1) is 10.6. The number of ether oxygens (including phenoxy) is 1. The Labute approximate surface area is 132 Å². The van der Waals surface area contributed by atoms with Gasteiger partial charge in [0, 0.05) is 36.1 Å². The first kappa shape index (κ1) is 13.9. The van der Waals surface area contributed by atoms with Crippen LogP contribution >= 0.6 is 11.3 Å². The Morgan fingerprint density at radius 1 is 1.41 bits per heavy atom. The topological polar surface area (TPSA) is 68.5 Å². The quantitative estimate of drug-likeness (QED) is 0.850. The van der Waals surface area contributed by atoms with Gasteiger partial charge in [0.05, 0.1) is 6.10 Å². The Balaban J connectivity index is 1.42. The van der Waals surface area contributed by atoms with Crippen LogP contribution in [0.3, 0.4) is 0 Å². The van der Waals surface area contributed by atoms with Crippen LogP contribution < -0.4 is 0 Å². The minimum absolute atomic E-state index is 0.0727. The summed E-state index contributed by atoms with van der Waals surface area (Å²) in [4.78, 5) is 18.7. The number of likely N-dealkylation sites (tertiary alicyclic amines) is 1. The van der Waals surface area contributed by atoms with E-state index in [9.17, 15) is 4.79 Å². The largest absolute Gasteiger partial charge is 0.366 e. The highest BCUT2D eigenvalue weighted by molar-refractivity contribution is 7.09. The van der Waals surface area contributed by atoms with Crippen LogP contribution in [0.2, 0.25) is 0 Å². The second-order valence-corrected chi connectivity index (χ2v) is 6.91. The zero-order valence-electron chi connectivity index (χ0n) is 12.5. The van der Waals surface area contributed by atoms with Crippen molar-refractivity contribution in [1.82, 2.24) is 15.0 Å². The van der Waals surface area contributed by atoms with Gasteiger partial charge in [-0.2, -0.15) is 0 Å². The van der Waals surface area contributed by atoms with Crippen molar-refractivity contribution < 1.29 is 14.1 Å². The molecule has 6 nitrogen and oxygen atoms in total. The fourth-order valence-electron chi connectivity index (χ4n) is 3.24. The van der Waals surface area contributed by atoms with Crippen molar-refractivity contribution in [3.8, 4) is 0 Å². The summed E-state index contributed by atoms with van der Waals surface area (Å²) in [6, 6.07) is 1.68. The summed E-state index contributed by atoms with van der Waals surface area (Å²) < 4.78 is 11.1. The van der Waals surface area contributed by atoms with Crippen LogP contribution in [0.4, 0.5) is 0 Å². The standard InChI is InChI=1S/C15H17N3O3S/c1-8-7-22-14(16-8)12-4-10-5-18(6-13(10)20-12)15(19)11-3-9(2)21-17-11/h3,7,10,12-13H,4-6H2,1-2H3/t10-,12-,13+/m0/s1. The summed E-state index contributed by atoms with van der Waals surface area (Å²) >= 11 is 1.65. The van der Waals surface area contributed by atoms with Crippen LogP contribution in [0.5, 0.6) is 0 Å². The molecule has 2 aromatic heterocycles. The molecule has 0 radical (unpaired) electrons. The summed E-state index contributed by atoms with van der Waals surface area (Å²) in [7, 11) is 0. The number of rotatable bonds is 2. The van der Waals surface area contributed by atoms with Crippen LogP contribution in [0, 0.1) is 19.8 Å². The number of hydrogen-bond acceptors (Lipinski definition) is 6. The number of aromatic nitrogens is 2. The van der Waals surface area contributed by atoms with Gasteiger partial charge in [0.2, 0.25) is 0 Å². The van der Waals surface area contributed by atoms with Crippen LogP contribution in [-0.2, 0) is 4.74 Å². The Kier molecular flexibility index (Phi) is 3.27. The van der Waals surface area contributed by atoms with E-state index in [0.717, 1.165) is 23.7 Å². The highest BCUT2D eigenvalue weighted by Crippen LogP contribution is 2.41. The number of hydrogen-bond donors (Lipinski definition) is 0. The van der Waals surface area contributed by atoms with E-state index in [1.54, 1.807) is 24.3 Å². The molecule has 2 saturated heterocycles. The van der Waals surface area contributed by atoms with Gasteiger partial charge in [0.1, 0.15) is 16.9 Å². The van der Waals surface area contributed by atoms with E-state index in [-0.39, 0.29) is 18.1 Å². The molecule has 2 aliphatic rings. The molecular weight excluding hydrogens is 302 g/mol. The Bertz CT molecular complexity index is 696. The van der Waals surface area contributed by atoms with Gasteiger partial charge in [-0.3, -0.25) is 4.79 Å². The highest BCUT2D eigenvalue weighted by Gasteiger charge is 2.45. The third-order valence-electron chi connectivity index (χ3n) is 4.28. The molecule has 0 aliphatic carbocycles. The van der Waals surface area contributed by atoms with Gasteiger partial charge in [-0.15, -0.1) is 11.3 Å². The van der Waals surface area contributed by atoms with Crippen molar-refractivity contribution in [1.29, 1.82) is 0 Å². The first-order valence-electron chi connectivity index (χ1n) is 7.40. The average Bonchev–Trinajstić information content (AvgIpc) is 3.19. The molecule has 3 atom stereocenters. The Morgan fingerprint density at radius 3 is 2.91 bits per heavy atom. The number of carbonyl (C=O) groups is 1. The van der Waals surface area contributed by atoms with E-state index in [1.165, 1.54) is 0 Å². The van der Waals surface area contributed by atoms with E-state index < -0.39 is 0 Å². The summed E-state index contributed by atoms with van der Waals surface area (Å²) in [6.07, 6.45) is 1.12. The van der Waals surface area contributed by atoms with Crippen molar-refractivity contribution in [2.24, 2.45) is 5.92 Å². The summed E-state index contributed by atoms with van der Waals surface area (Å²) in [6.45, 7) is 5.12. The van der Waals surface area contributed by atoms with Crippen molar-refractivity contribution in [2.45, 2.75) is 32.5 Å². The van der Waals surface area contributed by atoms with Crippen molar-refractivity contribution in [2.75, 3.05) is 13.1 Å². The van der Waals surface area contributed by atoms with Crippen LogP contribution in [0.15, 0.2) is 16.0 Å². The van der Waals surface area contributed by atoms with Crippen molar-refractivity contribution >= 4 is 17.2 Å². The molecule has 1 amide bonds. The number of thiazole rings is 1. The predicted octanol–water partition coefficient (Wildman–Crippen LogP) is 2.35. The number of carbonyl (C=O) groups excluding carboxylic acids is 1. The Morgan fingerprint density at radius 2 is 2.27 bits per heavy atom. The maximum Gasteiger partial charge on any atom is 0.276 e. The molecule has 0 N–H and O–H groups in total. The fourth-order valence-corrected chi connectivity index (χ4v) is 4.08. The lowest BCUT2D eigenvalue weighted by molar-refractivity contribution is 0.0351. The van der Waals surface area contributed by atoms with E-state index >= 15 is 0 Å². The highest BCUT2D eigenvalue weighted by atomic mass is 32.1. The number of fused-ring (bicyclic) bond motifs is 1. The molecule has 4 rings (SSSR count). The molecule has 116 valence electrons. The lowest BCUT2D eigenvalue weighted by Gasteiger charge is -2.17. The molecular formula is C15H17N3O3S. The third kappa shape index (κ3) is 2.34. The smallest absolute Gasteiger partial charge is 0.276 e. The van der Waals surface area contributed by atoms with Crippen LogP contribution in [-0.4, -0.2) is 40.1 Å². The molecule has 2 aliphatic heterocycles.